The van der Waals surface area contributed by atoms with E-state index in [-0.39, 0.29) is 11.9 Å². The minimum Gasteiger partial charge on any atom is -0.493 e. The van der Waals surface area contributed by atoms with Crippen LogP contribution >= 0.6 is 15.9 Å². The molecule has 0 radical (unpaired) electrons. The van der Waals surface area contributed by atoms with Crippen LogP contribution < -0.4 is 10.1 Å². The van der Waals surface area contributed by atoms with Crippen molar-refractivity contribution >= 4 is 27.9 Å². The molecule has 0 aliphatic rings. The van der Waals surface area contributed by atoms with Gasteiger partial charge < -0.3 is 10.1 Å². The van der Waals surface area contributed by atoms with Gasteiger partial charge in [-0.3, -0.25) is 4.79 Å². The average molecular weight is 312 g/mol. The van der Waals surface area contributed by atoms with Crippen LogP contribution in [0.4, 0.5) is 0 Å². The van der Waals surface area contributed by atoms with Gasteiger partial charge in [-0.15, -0.1) is 0 Å². The second-order valence-electron chi connectivity index (χ2n) is 4.11. The van der Waals surface area contributed by atoms with E-state index in [4.69, 9.17) is 4.74 Å². The van der Waals surface area contributed by atoms with E-state index in [0.717, 1.165) is 15.8 Å². The molecule has 0 bridgehead atoms. The van der Waals surface area contributed by atoms with Crippen LogP contribution in [-0.4, -0.2) is 18.6 Å². The highest BCUT2D eigenvalue weighted by atomic mass is 79.9. The van der Waals surface area contributed by atoms with Crippen molar-refractivity contribution in [1.29, 1.82) is 0 Å². The second-order valence-corrected chi connectivity index (χ2v) is 5.03. The van der Waals surface area contributed by atoms with Crippen LogP contribution in [0.5, 0.6) is 5.75 Å². The van der Waals surface area contributed by atoms with Crippen LogP contribution in [0, 0.1) is 0 Å². The van der Waals surface area contributed by atoms with Gasteiger partial charge in [0.05, 0.1) is 6.61 Å². The predicted octanol–water partition coefficient (Wildman–Crippen LogP) is 3.39. The number of carbonyl (C=O) groups excluding carboxylic acids is 1. The summed E-state index contributed by atoms with van der Waals surface area (Å²) in [4.78, 5) is 11.5. The Kier molecular flexibility index (Phi) is 5.92. The van der Waals surface area contributed by atoms with Crippen LogP contribution in [0.15, 0.2) is 28.7 Å². The molecule has 0 atom stereocenters. The smallest absolute Gasteiger partial charge is 0.244 e. The first kappa shape index (κ1) is 14.8. The highest BCUT2D eigenvalue weighted by molar-refractivity contribution is 9.10. The first-order valence-corrected chi connectivity index (χ1v) is 6.73. The number of halogens is 1. The Labute approximate surface area is 116 Å². The third kappa shape index (κ3) is 4.92. The number of nitrogens with one attached hydrogen (secondary N) is 1. The number of ether oxygens (including phenoxy) is 1. The van der Waals surface area contributed by atoms with Crippen molar-refractivity contribution in [2.24, 2.45) is 0 Å². The molecule has 4 heteroatoms. The van der Waals surface area contributed by atoms with Gasteiger partial charge in [0.2, 0.25) is 5.91 Å². The van der Waals surface area contributed by atoms with Gasteiger partial charge in [-0.2, -0.15) is 0 Å². The summed E-state index contributed by atoms with van der Waals surface area (Å²) >= 11 is 3.40. The van der Waals surface area contributed by atoms with E-state index >= 15 is 0 Å². The van der Waals surface area contributed by atoms with Crippen LogP contribution in [0.1, 0.15) is 26.3 Å². The third-order valence-corrected chi connectivity index (χ3v) is 2.61. The highest BCUT2D eigenvalue weighted by Crippen LogP contribution is 2.24. The summed E-state index contributed by atoms with van der Waals surface area (Å²) in [7, 11) is 0. The number of carbonyl (C=O) groups is 1. The van der Waals surface area contributed by atoms with Gasteiger partial charge in [-0.25, -0.2) is 0 Å². The quantitative estimate of drug-likeness (QED) is 0.847. The summed E-state index contributed by atoms with van der Waals surface area (Å²) < 4.78 is 6.46. The zero-order valence-electron chi connectivity index (χ0n) is 10.9. The highest BCUT2D eigenvalue weighted by Gasteiger charge is 2.03. The molecule has 1 aromatic carbocycles. The van der Waals surface area contributed by atoms with Gasteiger partial charge in [0.1, 0.15) is 5.75 Å². The maximum Gasteiger partial charge on any atom is 0.244 e. The fourth-order valence-corrected chi connectivity index (χ4v) is 1.81. The second kappa shape index (κ2) is 7.21. The van der Waals surface area contributed by atoms with Crippen molar-refractivity contribution in [2.45, 2.75) is 26.8 Å². The molecule has 1 aromatic rings. The molecule has 0 unspecified atom stereocenters. The minimum absolute atomic E-state index is 0.104. The molecule has 1 N–H and O–H groups in total. The number of rotatable bonds is 5. The Hall–Kier alpha value is -1.29. The van der Waals surface area contributed by atoms with Crippen molar-refractivity contribution < 1.29 is 9.53 Å². The summed E-state index contributed by atoms with van der Waals surface area (Å²) in [5, 5.41) is 2.80. The zero-order chi connectivity index (χ0) is 13.5. The number of hydrogen-bond acceptors (Lipinski definition) is 2. The molecule has 18 heavy (non-hydrogen) atoms. The lowest BCUT2D eigenvalue weighted by atomic mass is 10.2. The third-order valence-electron chi connectivity index (χ3n) is 2.12. The normalized spacial score (nSPS) is 10.9. The number of benzene rings is 1. The molecule has 0 saturated carbocycles. The van der Waals surface area contributed by atoms with E-state index in [1.807, 2.05) is 39.0 Å². The summed E-state index contributed by atoms with van der Waals surface area (Å²) in [5.74, 6) is 0.668. The van der Waals surface area contributed by atoms with E-state index in [0.29, 0.717) is 6.61 Å². The Morgan fingerprint density at radius 1 is 1.50 bits per heavy atom. The molecule has 0 heterocycles. The van der Waals surface area contributed by atoms with Gasteiger partial charge in [0.15, 0.2) is 0 Å². The molecule has 98 valence electrons. The van der Waals surface area contributed by atoms with Crippen LogP contribution in [0.3, 0.4) is 0 Å². The monoisotopic (exact) mass is 311 g/mol. The Bertz CT molecular complexity index is 441. The fourth-order valence-electron chi connectivity index (χ4n) is 1.43. The van der Waals surface area contributed by atoms with Gasteiger partial charge in [0.25, 0.3) is 0 Å². The molecule has 1 rings (SSSR count). The molecule has 0 aromatic heterocycles. The van der Waals surface area contributed by atoms with Gasteiger partial charge >= 0.3 is 0 Å². The molecule has 0 fully saturated rings. The molecule has 0 aliphatic heterocycles. The van der Waals surface area contributed by atoms with Gasteiger partial charge in [-0.05, 0) is 45.0 Å². The molecular weight excluding hydrogens is 294 g/mol. The number of amides is 1. The fraction of sp³-hybridized carbons (Fsp3) is 0.357. The lowest BCUT2D eigenvalue weighted by molar-refractivity contribution is -0.116. The van der Waals surface area contributed by atoms with Crippen molar-refractivity contribution in [1.82, 2.24) is 5.32 Å². The summed E-state index contributed by atoms with van der Waals surface area (Å²) in [6.07, 6.45) is 3.28. The lowest BCUT2D eigenvalue weighted by Gasteiger charge is -2.08. The maximum atomic E-state index is 11.5. The van der Waals surface area contributed by atoms with Crippen molar-refractivity contribution in [3.8, 4) is 5.75 Å². The zero-order valence-corrected chi connectivity index (χ0v) is 12.5. The molecule has 1 amide bonds. The first-order chi connectivity index (χ1) is 8.52. The average Bonchev–Trinajstić information content (AvgIpc) is 2.29. The van der Waals surface area contributed by atoms with Crippen molar-refractivity contribution in [2.75, 3.05) is 6.61 Å². The van der Waals surface area contributed by atoms with Crippen molar-refractivity contribution in [3.63, 3.8) is 0 Å². The lowest BCUT2D eigenvalue weighted by Crippen LogP contribution is -2.28. The first-order valence-electron chi connectivity index (χ1n) is 5.94. The Balaban J connectivity index is 2.84. The van der Waals surface area contributed by atoms with Gasteiger partial charge in [0, 0.05) is 22.2 Å². The Morgan fingerprint density at radius 3 is 2.83 bits per heavy atom. The van der Waals surface area contributed by atoms with E-state index in [2.05, 4.69) is 21.2 Å². The molecule has 0 saturated heterocycles. The molecule has 0 aliphatic carbocycles. The number of hydrogen-bond donors (Lipinski definition) is 1. The standard InChI is InChI=1S/C14H18BrNO2/c1-4-18-13-7-6-12(15)9-11(13)5-8-14(17)16-10(2)3/h5-10H,4H2,1-3H3,(H,16,17)/b8-5+. The summed E-state index contributed by atoms with van der Waals surface area (Å²) in [5.41, 5.74) is 0.880. The van der Waals surface area contributed by atoms with E-state index in [1.54, 1.807) is 6.08 Å². The molecular formula is C14H18BrNO2. The summed E-state index contributed by atoms with van der Waals surface area (Å²) in [6, 6.07) is 5.85. The van der Waals surface area contributed by atoms with Crippen LogP contribution in [0.25, 0.3) is 6.08 Å². The topological polar surface area (TPSA) is 38.3 Å². The molecule has 3 nitrogen and oxygen atoms in total. The van der Waals surface area contributed by atoms with Crippen LogP contribution in [0.2, 0.25) is 0 Å². The predicted molar refractivity (Wildman–Crippen MR) is 77.6 cm³/mol. The van der Waals surface area contributed by atoms with Gasteiger partial charge in [-0.1, -0.05) is 15.9 Å². The SMILES string of the molecule is CCOc1ccc(Br)cc1/C=C/C(=O)NC(C)C. The largest absolute Gasteiger partial charge is 0.493 e. The van der Waals surface area contributed by atoms with E-state index in [1.165, 1.54) is 6.08 Å². The van der Waals surface area contributed by atoms with Crippen molar-refractivity contribution in [3.05, 3.63) is 34.3 Å². The van der Waals surface area contributed by atoms with E-state index in [9.17, 15) is 4.79 Å². The summed E-state index contributed by atoms with van der Waals surface area (Å²) in [6.45, 7) is 6.38. The van der Waals surface area contributed by atoms with E-state index < -0.39 is 0 Å². The molecule has 0 spiro atoms. The maximum absolute atomic E-state index is 11.5. The van der Waals surface area contributed by atoms with Crippen LogP contribution in [-0.2, 0) is 4.79 Å². The Morgan fingerprint density at radius 2 is 2.22 bits per heavy atom. The minimum atomic E-state index is -0.104.